The van der Waals surface area contributed by atoms with Crippen molar-refractivity contribution >= 4 is 45.3 Å². The number of nitrogens with zero attached hydrogens (tertiary/aromatic N) is 2. The molecule has 0 radical (unpaired) electrons. The molecule has 1 aliphatic rings. The monoisotopic (exact) mass is 482 g/mol. The summed E-state index contributed by atoms with van der Waals surface area (Å²) in [5, 5.41) is 6.03. The fourth-order valence-corrected chi connectivity index (χ4v) is 6.04. The maximum Gasteiger partial charge on any atom is 0.321 e. The molecule has 172 valence electrons. The van der Waals surface area contributed by atoms with E-state index in [0.29, 0.717) is 18.1 Å². The Morgan fingerprint density at radius 3 is 2.79 bits per heavy atom. The van der Waals surface area contributed by atoms with E-state index in [0.717, 1.165) is 47.0 Å². The van der Waals surface area contributed by atoms with Crippen LogP contribution in [0.25, 0.3) is 10.2 Å². The van der Waals surface area contributed by atoms with Crippen molar-refractivity contribution in [1.82, 2.24) is 20.2 Å². The molecule has 0 atom stereocenters. The van der Waals surface area contributed by atoms with Crippen LogP contribution in [0.1, 0.15) is 28.8 Å². The Morgan fingerprint density at radius 1 is 1.21 bits per heavy atom. The number of carbonyl (C=O) groups is 2. The average Bonchev–Trinajstić information content (AvgIpc) is 3.20. The van der Waals surface area contributed by atoms with Crippen molar-refractivity contribution in [3.05, 3.63) is 69.3 Å². The first-order valence-corrected chi connectivity index (χ1v) is 12.8. The van der Waals surface area contributed by atoms with E-state index in [1.807, 2.05) is 30.3 Å². The van der Waals surface area contributed by atoms with Crippen molar-refractivity contribution in [2.45, 2.75) is 43.8 Å². The predicted octanol–water partition coefficient (Wildman–Crippen LogP) is 3.68. The Morgan fingerprint density at radius 2 is 2.00 bits per heavy atom. The molecular weight excluding hydrogens is 456 g/mol. The summed E-state index contributed by atoms with van der Waals surface area (Å²) in [5.74, 6) is -0.466. The highest BCUT2D eigenvalue weighted by Gasteiger charge is 2.22. The SMILES string of the molecule is C=CCNC(=O)NC(=O)CSc1nc2sc3c(c2c(=O)n1CCc1ccccc1)CCCC3. The largest absolute Gasteiger partial charge is 0.334 e. The smallest absolute Gasteiger partial charge is 0.321 e. The zero-order chi connectivity index (χ0) is 23.2. The number of aromatic nitrogens is 2. The van der Waals surface area contributed by atoms with E-state index in [1.165, 1.54) is 22.7 Å². The van der Waals surface area contributed by atoms with Crippen LogP contribution in [0.2, 0.25) is 0 Å². The third-order valence-electron chi connectivity index (χ3n) is 5.50. The molecule has 0 bridgehead atoms. The van der Waals surface area contributed by atoms with Crippen molar-refractivity contribution in [2.75, 3.05) is 12.3 Å². The molecule has 2 aromatic heterocycles. The molecule has 0 unspecified atom stereocenters. The summed E-state index contributed by atoms with van der Waals surface area (Å²) in [6.07, 6.45) is 6.35. The van der Waals surface area contributed by atoms with Gasteiger partial charge in [0.2, 0.25) is 5.91 Å². The molecule has 3 amide bonds. The number of benzene rings is 1. The van der Waals surface area contributed by atoms with Crippen LogP contribution in [0.15, 0.2) is 52.9 Å². The number of hydrogen-bond acceptors (Lipinski definition) is 6. The summed E-state index contributed by atoms with van der Waals surface area (Å²) in [4.78, 5) is 44.4. The number of carbonyl (C=O) groups excluding carboxylic acids is 2. The number of hydrogen-bond donors (Lipinski definition) is 2. The first-order valence-electron chi connectivity index (χ1n) is 11.0. The zero-order valence-electron chi connectivity index (χ0n) is 18.3. The number of thiophene rings is 1. The maximum atomic E-state index is 13.6. The first kappa shape index (κ1) is 23.3. The third-order valence-corrected chi connectivity index (χ3v) is 7.66. The lowest BCUT2D eigenvalue weighted by atomic mass is 9.97. The summed E-state index contributed by atoms with van der Waals surface area (Å²) in [7, 11) is 0. The first-order chi connectivity index (χ1) is 16.1. The number of rotatable bonds is 8. The lowest BCUT2D eigenvalue weighted by molar-refractivity contribution is -0.117. The molecule has 4 rings (SSSR count). The summed E-state index contributed by atoms with van der Waals surface area (Å²) >= 11 is 2.77. The van der Waals surface area contributed by atoms with Gasteiger partial charge in [0.1, 0.15) is 4.83 Å². The minimum atomic E-state index is -0.573. The van der Waals surface area contributed by atoms with Crippen molar-refractivity contribution < 1.29 is 9.59 Å². The van der Waals surface area contributed by atoms with Crippen molar-refractivity contribution in [2.24, 2.45) is 0 Å². The lowest BCUT2D eigenvalue weighted by Crippen LogP contribution is -2.40. The van der Waals surface area contributed by atoms with Gasteiger partial charge in [0, 0.05) is 18.0 Å². The molecule has 33 heavy (non-hydrogen) atoms. The van der Waals surface area contributed by atoms with Crippen LogP contribution >= 0.6 is 23.1 Å². The number of aryl methyl sites for hydroxylation is 3. The number of imide groups is 1. The average molecular weight is 483 g/mol. The predicted molar refractivity (Wildman–Crippen MR) is 133 cm³/mol. The molecule has 0 spiro atoms. The van der Waals surface area contributed by atoms with Gasteiger partial charge in [0.25, 0.3) is 5.56 Å². The topological polar surface area (TPSA) is 93.1 Å². The van der Waals surface area contributed by atoms with Gasteiger partial charge < -0.3 is 5.32 Å². The van der Waals surface area contributed by atoms with Crippen molar-refractivity contribution in [3.8, 4) is 0 Å². The molecule has 0 saturated heterocycles. The number of nitrogens with one attached hydrogen (secondary N) is 2. The van der Waals surface area contributed by atoms with Crippen LogP contribution in [0, 0.1) is 0 Å². The van der Waals surface area contributed by atoms with Crippen LogP contribution in [-0.2, 0) is 30.6 Å². The number of fused-ring (bicyclic) bond motifs is 3. The summed E-state index contributed by atoms with van der Waals surface area (Å²) in [5.41, 5.74) is 2.24. The molecule has 7 nitrogen and oxygen atoms in total. The third kappa shape index (κ3) is 5.54. The highest BCUT2D eigenvalue weighted by Crippen LogP contribution is 2.34. The van der Waals surface area contributed by atoms with E-state index in [-0.39, 0.29) is 17.9 Å². The summed E-state index contributed by atoms with van der Waals surface area (Å²) in [6.45, 7) is 4.27. The molecule has 9 heteroatoms. The molecule has 2 N–H and O–H groups in total. The standard InChI is InChI=1S/C24H26N4O3S2/c1-2-13-25-23(31)26-19(29)15-32-24-27-21-20(17-10-6-7-11-18(17)33-21)22(30)28(24)14-12-16-8-4-3-5-9-16/h2-5,8-9H,1,6-7,10-15H2,(H2,25,26,29,31). The fourth-order valence-electron chi connectivity index (χ4n) is 3.91. The van der Waals surface area contributed by atoms with E-state index < -0.39 is 11.9 Å². The minimum Gasteiger partial charge on any atom is -0.334 e. The number of thioether (sulfide) groups is 1. The van der Waals surface area contributed by atoms with E-state index >= 15 is 0 Å². The van der Waals surface area contributed by atoms with Gasteiger partial charge in [-0.05, 0) is 43.2 Å². The van der Waals surface area contributed by atoms with Crippen LogP contribution in [0.4, 0.5) is 4.79 Å². The van der Waals surface area contributed by atoms with Crippen molar-refractivity contribution in [3.63, 3.8) is 0 Å². The zero-order valence-corrected chi connectivity index (χ0v) is 19.9. The molecule has 3 aromatic rings. The Labute approximate surface area is 200 Å². The maximum absolute atomic E-state index is 13.6. The Bertz CT molecular complexity index is 1230. The van der Waals surface area contributed by atoms with E-state index in [1.54, 1.807) is 15.9 Å². The van der Waals surface area contributed by atoms with E-state index in [2.05, 4.69) is 17.2 Å². The lowest BCUT2D eigenvalue weighted by Gasteiger charge is -2.13. The molecule has 1 aromatic carbocycles. The van der Waals surface area contributed by atoms with Gasteiger partial charge >= 0.3 is 6.03 Å². The van der Waals surface area contributed by atoms with Gasteiger partial charge in [-0.2, -0.15) is 0 Å². The molecule has 0 aliphatic heterocycles. The number of amides is 3. The van der Waals surface area contributed by atoms with Crippen LogP contribution in [-0.4, -0.2) is 33.8 Å². The van der Waals surface area contributed by atoms with Gasteiger partial charge in [-0.3, -0.25) is 19.5 Å². The minimum absolute atomic E-state index is 0.0180. The van der Waals surface area contributed by atoms with Crippen LogP contribution < -0.4 is 16.2 Å². The highest BCUT2D eigenvalue weighted by molar-refractivity contribution is 7.99. The van der Waals surface area contributed by atoms with E-state index in [9.17, 15) is 14.4 Å². The Kier molecular flexibility index (Phi) is 7.61. The normalized spacial score (nSPS) is 12.8. The number of urea groups is 1. The van der Waals surface area contributed by atoms with Gasteiger partial charge in [-0.25, -0.2) is 9.78 Å². The molecule has 1 aliphatic carbocycles. The van der Waals surface area contributed by atoms with Crippen LogP contribution in [0.3, 0.4) is 0 Å². The molecular formula is C24H26N4O3S2. The summed E-state index contributed by atoms with van der Waals surface area (Å²) in [6, 6.07) is 9.41. The fraction of sp³-hybridized carbons (Fsp3) is 0.333. The molecule has 2 heterocycles. The van der Waals surface area contributed by atoms with Gasteiger partial charge in [-0.1, -0.05) is 48.2 Å². The second kappa shape index (κ2) is 10.8. The molecule has 0 fully saturated rings. The van der Waals surface area contributed by atoms with Gasteiger partial charge in [0.05, 0.1) is 11.1 Å². The van der Waals surface area contributed by atoms with Crippen LogP contribution in [0.5, 0.6) is 0 Å². The Balaban J connectivity index is 1.60. The molecule has 0 saturated carbocycles. The highest BCUT2D eigenvalue weighted by atomic mass is 32.2. The quantitative estimate of drug-likeness (QED) is 0.290. The Hall–Kier alpha value is -2.91. The van der Waals surface area contributed by atoms with E-state index in [4.69, 9.17) is 4.98 Å². The van der Waals surface area contributed by atoms with Gasteiger partial charge in [0.15, 0.2) is 5.16 Å². The van der Waals surface area contributed by atoms with Gasteiger partial charge in [-0.15, -0.1) is 17.9 Å². The summed E-state index contributed by atoms with van der Waals surface area (Å²) < 4.78 is 1.69. The second-order valence-corrected chi connectivity index (χ2v) is 9.84. The van der Waals surface area contributed by atoms with Crippen molar-refractivity contribution in [1.29, 1.82) is 0 Å². The second-order valence-electron chi connectivity index (χ2n) is 7.81.